The van der Waals surface area contributed by atoms with Gasteiger partial charge < -0.3 is 4.74 Å². The molecule has 0 unspecified atom stereocenters. The Kier molecular flexibility index (Phi) is 6.44. The molecule has 2 amide bonds. The summed E-state index contributed by atoms with van der Waals surface area (Å²) in [6.45, 7) is 4.74. The fourth-order valence-electron chi connectivity index (χ4n) is 2.61. The number of hydrogen-bond acceptors (Lipinski definition) is 4. The highest BCUT2D eigenvalue weighted by Crippen LogP contribution is 2.38. The topological polar surface area (TPSA) is 46.6 Å². The fourth-order valence-corrected chi connectivity index (χ4v) is 4.90. The Balaban J connectivity index is 1.82. The lowest BCUT2D eigenvalue weighted by molar-refractivity contribution is -0.123. The van der Waals surface area contributed by atoms with E-state index in [2.05, 4.69) is 31.9 Å². The number of carbonyl (C=O) groups is 2. The molecule has 0 radical (unpaired) electrons. The van der Waals surface area contributed by atoms with Crippen molar-refractivity contribution in [2.24, 2.45) is 0 Å². The van der Waals surface area contributed by atoms with Gasteiger partial charge in [-0.2, -0.15) is 0 Å². The van der Waals surface area contributed by atoms with E-state index in [1.54, 1.807) is 6.08 Å². The monoisotopic (exact) mass is 509 g/mol. The molecule has 0 aromatic heterocycles. The Morgan fingerprint density at radius 1 is 1.11 bits per heavy atom. The molecular formula is C20H17Br2NO3S. The van der Waals surface area contributed by atoms with Crippen molar-refractivity contribution in [1.29, 1.82) is 0 Å². The molecule has 0 bridgehead atoms. The van der Waals surface area contributed by atoms with Crippen molar-refractivity contribution < 1.29 is 14.3 Å². The second-order valence-corrected chi connectivity index (χ2v) is 8.70. The molecule has 4 nitrogen and oxygen atoms in total. The van der Waals surface area contributed by atoms with Crippen LogP contribution in [0.3, 0.4) is 0 Å². The molecule has 0 N–H and O–H groups in total. The highest BCUT2D eigenvalue weighted by molar-refractivity contribution is 9.11. The van der Waals surface area contributed by atoms with Gasteiger partial charge in [0.15, 0.2) is 0 Å². The van der Waals surface area contributed by atoms with Gasteiger partial charge in [-0.3, -0.25) is 14.5 Å². The van der Waals surface area contributed by atoms with Crippen molar-refractivity contribution in [3.05, 3.63) is 66.9 Å². The van der Waals surface area contributed by atoms with Crippen LogP contribution in [0.4, 0.5) is 4.79 Å². The highest BCUT2D eigenvalue weighted by atomic mass is 79.9. The fraction of sp³-hybridized carbons (Fsp3) is 0.200. The van der Waals surface area contributed by atoms with E-state index in [9.17, 15) is 9.59 Å². The minimum atomic E-state index is -0.272. The molecule has 1 saturated heterocycles. The first-order chi connectivity index (χ1) is 12.9. The quantitative estimate of drug-likeness (QED) is 0.452. The van der Waals surface area contributed by atoms with Crippen molar-refractivity contribution in [1.82, 2.24) is 4.90 Å². The summed E-state index contributed by atoms with van der Waals surface area (Å²) in [5.41, 5.74) is 2.87. The zero-order valence-corrected chi connectivity index (χ0v) is 18.8. The Morgan fingerprint density at radius 3 is 2.33 bits per heavy atom. The number of benzene rings is 2. The van der Waals surface area contributed by atoms with Gasteiger partial charge in [-0.15, -0.1) is 0 Å². The number of carbonyl (C=O) groups excluding carboxylic acids is 2. The van der Waals surface area contributed by atoms with Crippen LogP contribution in [0.15, 0.2) is 50.2 Å². The molecule has 2 aromatic rings. The number of nitrogens with zero attached hydrogens (tertiary/aromatic N) is 1. The van der Waals surface area contributed by atoms with Gasteiger partial charge in [0.05, 0.1) is 27.0 Å². The van der Waals surface area contributed by atoms with Gasteiger partial charge in [0.1, 0.15) is 5.75 Å². The second kappa shape index (κ2) is 8.63. The van der Waals surface area contributed by atoms with Crippen LogP contribution in [0.1, 0.15) is 23.6 Å². The molecule has 7 heteroatoms. The van der Waals surface area contributed by atoms with Crippen molar-refractivity contribution in [3.63, 3.8) is 0 Å². The van der Waals surface area contributed by atoms with Crippen LogP contribution in [-0.4, -0.2) is 22.7 Å². The number of thioether (sulfide) groups is 1. The van der Waals surface area contributed by atoms with Crippen LogP contribution < -0.4 is 4.74 Å². The first-order valence-corrected chi connectivity index (χ1v) is 10.7. The van der Waals surface area contributed by atoms with E-state index in [1.807, 2.05) is 50.2 Å². The molecule has 0 atom stereocenters. The highest BCUT2D eigenvalue weighted by Gasteiger charge is 2.35. The van der Waals surface area contributed by atoms with Crippen molar-refractivity contribution in [2.45, 2.75) is 20.4 Å². The van der Waals surface area contributed by atoms with Gasteiger partial charge in [0.2, 0.25) is 0 Å². The Morgan fingerprint density at radius 2 is 1.74 bits per heavy atom. The van der Waals surface area contributed by atoms with E-state index in [4.69, 9.17) is 4.74 Å². The average molecular weight is 511 g/mol. The van der Waals surface area contributed by atoms with Gasteiger partial charge >= 0.3 is 0 Å². The maximum absolute atomic E-state index is 12.7. The van der Waals surface area contributed by atoms with Gasteiger partial charge in [-0.05, 0) is 86.8 Å². The minimum absolute atomic E-state index is 0.254. The zero-order chi connectivity index (χ0) is 19.6. The maximum atomic E-state index is 12.7. The van der Waals surface area contributed by atoms with Crippen molar-refractivity contribution in [2.75, 3.05) is 6.61 Å². The lowest BCUT2D eigenvalue weighted by Crippen LogP contribution is -2.27. The molecule has 140 valence electrons. The maximum Gasteiger partial charge on any atom is 0.293 e. The predicted octanol–water partition coefficient (Wildman–Crippen LogP) is 6.16. The van der Waals surface area contributed by atoms with Crippen LogP contribution in [-0.2, 0) is 11.3 Å². The first-order valence-electron chi connectivity index (χ1n) is 8.31. The van der Waals surface area contributed by atoms with E-state index in [1.165, 1.54) is 4.90 Å². The number of amides is 2. The SMILES string of the molecule is CCOc1c(Br)cc(/C=C2\SC(=O)N(Cc3ccc(C)cc3)C2=O)cc1Br. The summed E-state index contributed by atoms with van der Waals surface area (Å²) in [4.78, 5) is 26.7. The summed E-state index contributed by atoms with van der Waals surface area (Å²) in [7, 11) is 0. The molecule has 1 aliphatic rings. The first kappa shape index (κ1) is 20.2. The van der Waals surface area contributed by atoms with Gasteiger partial charge in [0.25, 0.3) is 11.1 Å². The smallest absolute Gasteiger partial charge is 0.293 e. The van der Waals surface area contributed by atoms with Crippen LogP contribution in [0.2, 0.25) is 0 Å². The standard InChI is InChI=1S/C20H17Br2NO3S/c1-3-26-18-15(21)8-14(9-16(18)22)10-17-19(24)23(20(25)27-17)11-13-6-4-12(2)5-7-13/h4-10H,3,11H2,1-2H3/b17-10-. The molecule has 0 aliphatic carbocycles. The predicted molar refractivity (Wildman–Crippen MR) is 116 cm³/mol. The zero-order valence-electron chi connectivity index (χ0n) is 14.8. The summed E-state index contributed by atoms with van der Waals surface area (Å²) in [6, 6.07) is 11.5. The normalized spacial score (nSPS) is 15.7. The minimum Gasteiger partial charge on any atom is -0.492 e. The van der Waals surface area contributed by atoms with E-state index >= 15 is 0 Å². The summed E-state index contributed by atoms with van der Waals surface area (Å²) in [5, 5.41) is -0.254. The van der Waals surface area contributed by atoms with Gasteiger partial charge in [-0.25, -0.2) is 0 Å². The lowest BCUT2D eigenvalue weighted by atomic mass is 10.1. The summed E-state index contributed by atoms with van der Waals surface area (Å²) >= 11 is 7.93. The van der Waals surface area contributed by atoms with Gasteiger partial charge in [0, 0.05) is 0 Å². The number of hydrogen-bond donors (Lipinski definition) is 0. The number of imide groups is 1. The second-order valence-electron chi connectivity index (χ2n) is 6.00. The van der Waals surface area contributed by atoms with E-state index < -0.39 is 0 Å². The Bertz CT molecular complexity index is 902. The molecule has 0 saturated carbocycles. The summed E-state index contributed by atoms with van der Waals surface area (Å²) in [6.07, 6.45) is 1.73. The third kappa shape index (κ3) is 4.65. The summed E-state index contributed by atoms with van der Waals surface area (Å²) < 4.78 is 7.14. The van der Waals surface area contributed by atoms with Crippen LogP contribution >= 0.6 is 43.6 Å². The molecule has 1 heterocycles. The van der Waals surface area contributed by atoms with Crippen LogP contribution in [0.5, 0.6) is 5.75 Å². The molecule has 0 spiro atoms. The Labute approximate surface area is 179 Å². The third-order valence-electron chi connectivity index (χ3n) is 3.94. The Hall–Kier alpha value is -1.57. The van der Waals surface area contributed by atoms with Gasteiger partial charge in [-0.1, -0.05) is 29.8 Å². The number of rotatable bonds is 5. The van der Waals surface area contributed by atoms with E-state index in [0.29, 0.717) is 17.3 Å². The third-order valence-corrected chi connectivity index (χ3v) is 6.03. The lowest BCUT2D eigenvalue weighted by Gasteiger charge is -2.12. The van der Waals surface area contributed by atoms with E-state index in [-0.39, 0.29) is 17.7 Å². The number of halogens is 2. The van der Waals surface area contributed by atoms with Crippen LogP contribution in [0, 0.1) is 6.92 Å². The largest absolute Gasteiger partial charge is 0.492 e. The van der Waals surface area contributed by atoms with Crippen molar-refractivity contribution >= 4 is 60.8 Å². The molecular weight excluding hydrogens is 494 g/mol. The molecule has 1 aliphatic heterocycles. The van der Waals surface area contributed by atoms with E-state index in [0.717, 1.165) is 37.4 Å². The number of aryl methyl sites for hydroxylation is 1. The van der Waals surface area contributed by atoms with Crippen LogP contribution in [0.25, 0.3) is 6.08 Å². The number of ether oxygens (including phenoxy) is 1. The average Bonchev–Trinajstić information content (AvgIpc) is 2.87. The molecule has 1 fully saturated rings. The molecule has 3 rings (SSSR count). The molecule has 2 aromatic carbocycles. The summed E-state index contributed by atoms with van der Waals surface area (Å²) in [5.74, 6) is 0.439. The molecule has 27 heavy (non-hydrogen) atoms. The van der Waals surface area contributed by atoms with Crippen molar-refractivity contribution in [3.8, 4) is 5.75 Å².